The van der Waals surface area contributed by atoms with Gasteiger partial charge in [0.05, 0.1) is 6.04 Å². The van der Waals surface area contributed by atoms with E-state index in [1.807, 2.05) is 43.3 Å². The molecule has 1 atom stereocenters. The Morgan fingerprint density at radius 1 is 1.50 bits per heavy atom. The largest absolute Gasteiger partial charge is 0.459 e. The fourth-order valence-electron chi connectivity index (χ4n) is 2.14. The van der Waals surface area contributed by atoms with Crippen LogP contribution in [0, 0.1) is 11.3 Å². The van der Waals surface area contributed by atoms with Crippen LogP contribution in [-0.2, 0) is 11.3 Å². The van der Waals surface area contributed by atoms with E-state index in [0.717, 1.165) is 11.0 Å². The molecule has 0 aliphatic carbocycles. The van der Waals surface area contributed by atoms with Gasteiger partial charge in [-0.1, -0.05) is 18.2 Å². The van der Waals surface area contributed by atoms with Crippen molar-refractivity contribution in [3.8, 4) is 6.07 Å². The molecule has 3 rings (SSSR count). The summed E-state index contributed by atoms with van der Waals surface area (Å²) in [6.07, 6.45) is 1.35. The van der Waals surface area contributed by atoms with Crippen molar-refractivity contribution in [3.63, 3.8) is 0 Å². The number of aromatic nitrogens is 3. The molecule has 0 spiro atoms. The number of furan rings is 1. The predicted octanol–water partition coefficient (Wildman–Crippen LogP) is 1.77. The third-order valence-corrected chi connectivity index (χ3v) is 3.19. The normalized spacial score (nSPS) is 12.0. The van der Waals surface area contributed by atoms with Crippen LogP contribution in [0.4, 0.5) is 0 Å². The Morgan fingerprint density at radius 3 is 3.05 bits per heavy atom. The van der Waals surface area contributed by atoms with E-state index in [1.54, 1.807) is 0 Å². The van der Waals surface area contributed by atoms with Crippen LogP contribution in [-0.4, -0.2) is 20.7 Å². The third-order valence-electron chi connectivity index (χ3n) is 3.19. The SMILES string of the molecule is C[C@H](NC(=O)Cn1cnc(C#N)n1)c1cc2ccccc2o1. The van der Waals surface area contributed by atoms with Gasteiger partial charge in [-0.2, -0.15) is 5.26 Å². The summed E-state index contributed by atoms with van der Waals surface area (Å²) in [4.78, 5) is 15.7. The molecule has 0 radical (unpaired) electrons. The Labute approximate surface area is 126 Å². The van der Waals surface area contributed by atoms with Crippen LogP contribution in [0.1, 0.15) is 24.6 Å². The van der Waals surface area contributed by atoms with E-state index in [4.69, 9.17) is 9.68 Å². The molecule has 7 heteroatoms. The van der Waals surface area contributed by atoms with E-state index in [9.17, 15) is 4.79 Å². The Hall–Kier alpha value is -3.14. The molecule has 0 aliphatic rings. The minimum absolute atomic E-state index is 0.000746. The van der Waals surface area contributed by atoms with Crippen molar-refractivity contribution in [2.24, 2.45) is 0 Å². The highest BCUT2D eigenvalue weighted by atomic mass is 16.3. The molecule has 1 aromatic carbocycles. The number of hydrogen-bond acceptors (Lipinski definition) is 5. The van der Waals surface area contributed by atoms with Gasteiger partial charge in [-0.3, -0.25) is 4.79 Å². The molecule has 3 aromatic rings. The first-order valence-corrected chi connectivity index (χ1v) is 6.73. The summed E-state index contributed by atoms with van der Waals surface area (Å²) in [5, 5.41) is 16.3. The number of rotatable bonds is 4. The van der Waals surface area contributed by atoms with Crippen LogP contribution >= 0.6 is 0 Å². The fourth-order valence-corrected chi connectivity index (χ4v) is 2.14. The smallest absolute Gasteiger partial charge is 0.252 e. The maximum Gasteiger partial charge on any atom is 0.252 e. The van der Waals surface area contributed by atoms with Crippen LogP contribution in [0.3, 0.4) is 0 Å². The average molecular weight is 295 g/mol. The first-order valence-electron chi connectivity index (χ1n) is 6.73. The van der Waals surface area contributed by atoms with Crippen LogP contribution in [0.5, 0.6) is 0 Å². The van der Waals surface area contributed by atoms with Crippen LogP contribution in [0.15, 0.2) is 41.1 Å². The van der Waals surface area contributed by atoms with Gasteiger partial charge < -0.3 is 9.73 Å². The second kappa shape index (κ2) is 5.69. The molecule has 1 N–H and O–H groups in total. The molecular weight excluding hydrogens is 282 g/mol. The number of para-hydroxylation sites is 1. The first kappa shape index (κ1) is 13.8. The number of carbonyl (C=O) groups is 1. The van der Waals surface area contributed by atoms with Crippen molar-refractivity contribution in [3.05, 3.63) is 48.2 Å². The lowest BCUT2D eigenvalue weighted by Gasteiger charge is -2.11. The van der Waals surface area contributed by atoms with Crippen molar-refractivity contribution < 1.29 is 9.21 Å². The maximum atomic E-state index is 12.0. The van der Waals surface area contributed by atoms with Crippen molar-refractivity contribution in [1.82, 2.24) is 20.1 Å². The molecule has 110 valence electrons. The van der Waals surface area contributed by atoms with E-state index >= 15 is 0 Å². The number of carbonyl (C=O) groups excluding carboxylic acids is 1. The summed E-state index contributed by atoms with van der Waals surface area (Å²) < 4.78 is 7.03. The molecule has 0 aliphatic heterocycles. The zero-order chi connectivity index (χ0) is 15.5. The number of nitriles is 1. The number of benzene rings is 1. The average Bonchev–Trinajstić information content (AvgIpc) is 3.12. The topological polar surface area (TPSA) is 96.7 Å². The van der Waals surface area contributed by atoms with Crippen molar-refractivity contribution in [1.29, 1.82) is 5.26 Å². The van der Waals surface area contributed by atoms with Crippen molar-refractivity contribution >= 4 is 16.9 Å². The zero-order valence-corrected chi connectivity index (χ0v) is 11.9. The minimum Gasteiger partial charge on any atom is -0.459 e. The molecule has 0 fully saturated rings. The number of nitrogens with zero attached hydrogens (tertiary/aromatic N) is 4. The van der Waals surface area contributed by atoms with Gasteiger partial charge in [-0.05, 0) is 19.1 Å². The van der Waals surface area contributed by atoms with Gasteiger partial charge in [0.2, 0.25) is 5.91 Å². The highest BCUT2D eigenvalue weighted by molar-refractivity contribution is 5.79. The second-order valence-electron chi connectivity index (χ2n) is 4.85. The van der Waals surface area contributed by atoms with E-state index in [2.05, 4.69) is 15.4 Å². The van der Waals surface area contributed by atoms with Gasteiger partial charge in [-0.15, -0.1) is 5.10 Å². The third kappa shape index (κ3) is 2.81. The van der Waals surface area contributed by atoms with Crippen LogP contribution < -0.4 is 5.32 Å². The lowest BCUT2D eigenvalue weighted by Crippen LogP contribution is -2.30. The van der Waals surface area contributed by atoms with Gasteiger partial charge in [0.25, 0.3) is 5.82 Å². The summed E-state index contributed by atoms with van der Waals surface area (Å²) in [5.74, 6) is 0.492. The standard InChI is InChI=1S/C15H13N5O2/c1-10(13-6-11-4-2-3-5-12(11)22-13)18-15(21)8-20-9-17-14(7-16)19-20/h2-6,9-10H,8H2,1H3,(H,18,21)/t10-/m0/s1. The van der Waals surface area contributed by atoms with E-state index in [0.29, 0.717) is 5.76 Å². The maximum absolute atomic E-state index is 12.0. The molecule has 22 heavy (non-hydrogen) atoms. The first-order chi connectivity index (χ1) is 10.7. The number of fused-ring (bicyclic) bond motifs is 1. The van der Waals surface area contributed by atoms with Crippen molar-refractivity contribution in [2.75, 3.05) is 0 Å². The quantitative estimate of drug-likeness (QED) is 0.791. The van der Waals surface area contributed by atoms with Gasteiger partial charge in [0.1, 0.15) is 30.3 Å². The molecule has 2 heterocycles. The molecule has 2 aromatic heterocycles. The zero-order valence-electron chi connectivity index (χ0n) is 11.9. The highest BCUT2D eigenvalue weighted by Gasteiger charge is 2.14. The number of nitrogens with one attached hydrogen (secondary N) is 1. The molecule has 0 unspecified atom stereocenters. The second-order valence-corrected chi connectivity index (χ2v) is 4.85. The molecule has 1 amide bonds. The Morgan fingerprint density at radius 2 is 2.32 bits per heavy atom. The van der Waals surface area contributed by atoms with E-state index < -0.39 is 0 Å². The highest BCUT2D eigenvalue weighted by Crippen LogP contribution is 2.23. The molecule has 7 nitrogen and oxygen atoms in total. The molecule has 0 saturated heterocycles. The monoisotopic (exact) mass is 295 g/mol. The lowest BCUT2D eigenvalue weighted by atomic mass is 10.2. The Kier molecular flexibility index (Phi) is 3.58. The summed E-state index contributed by atoms with van der Waals surface area (Å²) in [7, 11) is 0. The summed E-state index contributed by atoms with van der Waals surface area (Å²) in [6.45, 7) is 1.84. The number of amides is 1. The van der Waals surface area contributed by atoms with Gasteiger partial charge >= 0.3 is 0 Å². The minimum atomic E-state index is -0.265. The predicted molar refractivity (Wildman–Crippen MR) is 77.5 cm³/mol. The van der Waals surface area contributed by atoms with Crippen LogP contribution in [0.25, 0.3) is 11.0 Å². The van der Waals surface area contributed by atoms with Gasteiger partial charge in [0, 0.05) is 5.39 Å². The summed E-state index contributed by atoms with van der Waals surface area (Å²) in [6, 6.07) is 11.1. The molecule has 0 bridgehead atoms. The molecular formula is C15H13N5O2. The van der Waals surface area contributed by atoms with Crippen molar-refractivity contribution in [2.45, 2.75) is 19.5 Å². The molecule has 0 saturated carbocycles. The Balaban J connectivity index is 1.66. The van der Waals surface area contributed by atoms with Gasteiger partial charge in [-0.25, -0.2) is 9.67 Å². The summed E-state index contributed by atoms with van der Waals surface area (Å²) >= 11 is 0. The van der Waals surface area contributed by atoms with E-state index in [-0.39, 0.29) is 24.3 Å². The summed E-state index contributed by atoms with van der Waals surface area (Å²) in [5.41, 5.74) is 0.786. The van der Waals surface area contributed by atoms with E-state index in [1.165, 1.54) is 11.0 Å². The number of hydrogen-bond donors (Lipinski definition) is 1. The van der Waals surface area contributed by atoms with Crippen LogP contribution in [0.2, 0.25) is 0 Å². The van der Waals surface area contributed by atoms with Gasteiger partial charge in [0.15, 0.2) is 0 Å². The fraction of sp³-hybridized carbons (Fsp3) is 0.200. The lowest BCUT2D eigenvalue weighted by molar-refractivity contribution is -0.122. The Bertz CT molecular complexity index is 825.